The van der Waals surface area contributed by atoms with E-state index in [-0.39, 0.29) is 40.0 Å². The van der Waals surface area contributed by atoms with Gasteiger partial charge in [0, 0.05) is 37.6 Å². The quantitative estimate of drug-likeness (QED) is 0.228. The number of phenols is 1. The second kappa shape index (κ2) is 12.9. The number of hydrogen-bond donors (Lipinski definition) is 4. The van der Waals surface area contributed by atoms with Gasteiger partial charge in [-0.3, -0.25) is 14.4 Å². The van der Waals surface area contributed by atoms with Gasteiger partial charge in [-0.05, 0) is 60.9 Å². The number of para-hydroxylation sites is 1. The molecule has 1 aliphatic heterocycles. The first kappa shape index (κ1) is 28.9. The van der Waals surface area contributed by atoms with Gasteiger partial charge < -0.3 is 25.7 Å². The molecule has 0 saturated carbocycles. The molecule has 4 aromatic rings. The summed E-state index contributed by atoms with van der Waals surface area (Å²) >= 11 is 5.85. The van der Waals surface area contributed by atoms with Gasteiger partial charge in [0.2, 0.25) is 0 Å². The number of piperidine rings is 1. The predicted octanol–water partition coefficient (Wildman–Crippen LogP) is 3.63. The van der Waals surface area contributed by atoms with E-state index < -0.39 is 11.8 Å². The van der Waals surface area contributed by atoms with E-state index in [1.165, 1.54) is 35.1 Å². The lowest BCUT2D eigenvalue weighted by Gasteiger charge is -2.29. The lowest BCUT2D eigenvalue weighted by atomic mass is 10.0. The Morgan fingerprint density at radius 3 is 2.43 bits per heavy atom. The van der Waals surface area contributed by atoms with E-state index in [0.29, 0.717) is 29.2 Å². The minimum absolute atomic E-state index is 0.0368. The summed E-state index contributed by atoms with van der Waals surface area (Å²) in [4.78, 5) is 45.4. The molecule has 0 aliphatic carbocycles. The SMILES string of the molecule is O=C(Nc1c(O)cccc1C(=O)Nc1ccc(Cl)cn1)c1ccc(-c2ccnn(CCN3CCC(O)CC3)c2=O)cc1. The van der Waals surface area contributed by atoms with Gasteiger partial charge in [-0.25, -0.2) is 9.67 Å². The molecule has 1 saturated heterocycles. The summed E-state index contributed by atoms with van der Waals surface area (Å²) in [6, 6.07) is 15.5. The number of phenolic OH excluding ortho intramolecular Hbond substituents is 1. The summed E-state index contributed by atoms with van der Waals surface area (Å²) in [7, 11) is 0. The van der Waals surface area contributed by atoms with Gasteiger partial charge in [0.05, 0.1) is 34.5 Å². The highest BCUT2D eigenvalue weighted by atomic mass is 35.5. The van der Waals surface area contributed by atoms with Crippen molar-refractivity contribution < 1.29 is 19.8 Å². The van der Waals surface area contributed by atoms with E-state index in [1.54, 1.807) is 42.6 Å². The molecule has 2 aromatic carbocycles. The van der Waals surface area contributed by atoms with Crippen LogP contribution < -0.4 is 16.2 Å². The molecular weight excluding hydrogens is 560 g/mol. The van der Waals surface area contributed by atoms with E-state index >= 15 is 0 Å². The van der Waals surface area contributed by atoms with Crippen molar-refractivity contribution in [2.24, 2.45) is 0 Å². The Bertz CT molecular complexity index is 1630. The molecule has 12 heteroatoms. The largest absolute Gasteiger partial charge is 0.506 e. The number of amides is 2. The third-order valence-electron chi connectivity index (χ3n) is 7.05. The second-order valence-corrected chi connectivity index (χ2v) is 10.3. The Labute approximate surface area is 246 Å². The molecule has 0 radical (unpaired) electrons. The fourth-order valence-corrected chi connectivity index (χ4v) is 4.80. The maximum absolute atomic E-state index is 13.1. The molecule has 216 valence electrons. The number of benzene rings is 2. The van der Waals surface area contributed by atoms with Crippen LogP contribution in [0.25, 0.3) is 11.1 Å². The summed E-state index contributed by atoms with van der Waals surface area (Å²) in [5.41, 5.74) is 1.06. The zero-order valence-electron chi connectivity index (χ0n) is 22.5. The van der Waals surface area contributed by atoms with Crippen LogP contribution in [0.5, 0.6) is 5.75 Å². The van der Waals surface area contributed by atoms with Crippen molar-refractivity contribution in [3.8, 4) is 16.9 Å². The van der Waals surface area contributed by atoms with Crippen LogP contribution in [-0.4, -0.2) is 67.4 Å². The summed E-state index contributed by atoms with van der Waals surface area (Å²) in [6.45, 7) is 2.65. The lowest BCUT2D eigenvalue weighted by molar-refractivity contribution is 0.0803. The molecule has 0 spiro atoms. The number of aromatic nitrogens is 3. The smallest absolute Gasteiger partial charge is 0.274 e. The molecule has 2 aromatic heterocycles. The molecule has 2 amide bonds. The molecular formula is C30H29ClN6O5. The number of halogens is 1. The number of nitrogens with one attached hydrogen (secondary N) is 2. The maximum Gasteiger partial charge on any atom is 0.274 e. The van der Waals surface area contributed by atoms with E-state index in [9.17, 15) is 24.6 Å². The van der Waals surface area contributed by atoms with Crippen LogP contribution in [0, 0.1) is 0 Å². The Kier molecular flexibility index (Phi) is 8.91. The monoisotopic (exact) mass is 588 g/mol. The van der Waals surface area contributed by atoms with Gasteiger partial charge in [-0.15, -0.1) is 0 Å². The van der Waals surface area contributed by atoms with Crippen molar-refractivity contribution in [2.75, 3.05) is 30.3 Å². The summed E-state index contributed by atoms with van der Waals surface area (Å²) in [5, 5.41) is 30.0. The number of likely N-dealkylation sites (tertiary alicyclic amines) is 1. The Balaban J connectivity index is 1.28. The number of carbonyl (C=O) groups is 2. The molecule has 0 unspecified atom stereocenters. The Morgan fingerprint density at radius 2 is 1.71 bits per heavy atom. The number of aromatic hydroxyl groups is 1. The minimum Gasteiger partial charge on any atom is -0.506 e. The lowest BCUT2D eigenvalue weighted by Crippen LogP contribution is -2.39. The van der Waals surface area contributed by atoms with E-state index in [4.69, 9.17) is 11.6 Å². The average Bonchev–Trinajstić information content (AvgIpc) is 2.99. The number of rotatable bonds is 8. The highest BCUT2D eigenvalue weighted by Crippen LogP contribution is 2.29. The topological polar surface area (TPSA) is 150 Å². The van der Waals surface area contributed by atoms with Gasteiger partial charge in [-0.1, -0.05) is 29.8 Å². The van der Waals surface area contributed by atoms with Gasteiger partial charge in [-0.2, -0.15) is 5.10 Å². The molecule has 0 bridgehead atoms. The molecule has 0 atom stereocenters. The van der Waals surface area contributed by atoms with Crippen molar-refractivity contribution in [3.63, 3.8) is 0 Å². The summed E-state index contributed by atoms with van der Waals surface area (Å²) in [5.74, 6) is -1.17. The summed E-state index contributed by atoms with van der Waals surface area (Å²) in [6.07, 6.45) is 4.15. The fourth-order valence-electron chi connectivity index (χ4n) is 4.69. The van der Waals surface area contributed by atoms with Crippen molar-refractivity contribution in [1.82, 2.24) is 19.7 Å². The van der Waals surface area contributed by atoms with Crippen LogP contribution >= 0.6 is 11.6 Å². The van der Waals surface area contributed by atoms with Crippen LogP contribution in [0.3, 0.4) is 0 Å². The van der Waals surface area contributed by atoms with Crippen LogP contribution in [0.2, 0.25) is 5.02 Å². The predicted molar refractivity (Wildman–Crippen MR) is 159 cm³/mol. The number of hydrogen-bond acceptors (Lipinski definition) is 8. The molecule has 1 aliphatic rings. The first-order valence-electron chi connectivity index (χ1n) is 13.4. The van der Waals surface area contributed by atoms with Crippen LogP contribution in [0.15, 0.2) is 77.9 Å². The number of aliphatic hydroxyl groups is 1. The van der Waals surface area contributed by atoms with Gasteiger partial charge in [0.15, 0.2) is 0 Å². The van der Waals surface area contributed by atoms with Gasteiger partial charge in [0.25, 0.3) is 17.4 Å². The molecule has 3 heterocycles. The first-order valence-corrected chi connectivity index (χ1v) is 13.8. The average molecular weight is 589 g/mol. The van der Waals surface area contributed by atoms with Crippen LogP contribution in [0.1, 0.15) is 33.6 Å². The highest BCUT2D eigenvalue weighted by Gasteiger charge is 2.20. The van der Waals surface area contributed by atoms with Crippen molar-refractivity contribution >= 4 is 34.9 Å². The van der Waals surface area contributed by atoms with Gasteiger partial charge >= 0.3 is 0 Å². The maximum atomic E-state index is 13.1. The number of anilines is 2. The van der Waals surface area contributed by atoms with Gasteiger partial charge in [0.1, 0.15) is 11.6 Å². The van der Waals surface area contributed by atoms with Crippen molar-refractivity contribution in [1.29, 1.82) is 0 Å². The molecule has 11 nitrogen and oxygen atoms in total. The Hall–Kier alpha value is -4.58. The van der Waals surface area contributed by atoms with Crippen molar-refractivity contribution in [3.05, 3.63) is 99.6 Å². The Morgan fingerprint density at radius 1 is 0.952 bits per heavy atom. The summed E-state index contributed by atoms with van der Waals surface area (Å²) < 4.78 is 1.42. The third-order valence-corrected chi connectivity index (χ3v) is 7.27. The molecule has 4 N–H and O–H groups in total. The number of carbonyl (C=O) groups excluding carboxylic acids is 2. The van der Waals surface area contributed by atoms with E-state index in [0.717, 1.165) is 25.9 Å². The minimum atomic E-state index is -0.585. The van der Waals surface area contributed by atoms with E-state index in [1.807, 2.05) is 0 Å². The first-order chi connectivity index (χ1) is 20.3. The molecule has 42 heavy (non-hydrogen) atoms. The van der Waals surface area contributed by atoms with E-state index in [2.05, 4.69) is 25.6 Å². The molecule has 5 rings (SSSR count). The van der Waals surface area contributed by atoms with Crippen molar-refractivity contribution in [2.45, 2.75) is 25.5 Å². The zero-order chi connectivity index (χ0) is 29.6. The number of aliphatic hydroxyl groups excluding tert-OH is 1. The van der Waals surface area contributed by atoms with Crippen LogP contribution in [-0.2, 0) is 6.54 Å². The molecule has 1 fully saturated rings. The second-order valence-electron chi connectivity index (χ2n) is 9.89. The van der Waals surface area contributed by atoms with Crippen LogP contribution in [0.4, 0.5) is 11.5 Å². The highest BCUT2D eigenvalue weighted by molar-refractivity contribution is 6.30. The number of pyridine rings is 1. The third kappa shape index (κ3) is 6.82. The zero-order valence-corrected chi connectivity index (χ0v) is 23.3. The number of nitrogens with zero attached hydrogens (tertiary/aromatic N) is 4. The standard InChI is InChI=1S/C30H29ClN6O5/c31-21-8-9-26(32-18-21)34-29(41)24-2-1-3-25(39)27(24)35-28(40)20-6-4-19(5-7-20)23-10-13-33-37(30(23)42)17-16-36-14-11-22(38)12-15-36/h1-10,13,18,22,38-39H,11-12,14-17H2,(H,35,40)(H,32,34,41). The fraction of sp³-hybridized carbons (Fsp3) is 0.233. The normalized spacial score (nSPS) is 14.0.